The average molecular weight is 331 g/mol. The lowest BCUT2D eigenvalue weighted by Crippen LogP contribution is -2.21. The van der Waals surface area contributed by atoms with Crippen molar-refractivity contribution >= 4 is 15.9 Å². The first-order valence-corrected chi connectivity index (χ1v) is 6.09. The molecule has 1 aromatic carbocycles. The molecular weight excluding hydrogens is 322 g/mol. The quantitative estimate of drug-likeness (QED) is 0.865. The summed E-state index contributed by atoms with van der Waals surface area (Å²) in [5.41, 5.74) is 0.540. The van der Waals surface area contributed by atoms with E-state index in [1.165, 1.54) is 29.1 Å². The molecule has 0 saturated carbocycles. The van der Waals surface area contributed by atoms with Gasteiger partial charge in [-0.15, -0.1) is 0 Å². The van der Waals surface area contributed by atoms with Gasteiger partial charge < -0.3 is 4.74 Å². The number of aromatic nitrogens is 2. The lowest BCUT2D eigenvalue weighted by atomic mass is 10.2. The first kappa shape index (κ1) is 13.7. The van der Waals surface area contributed by atoms with E-state index in [2.05, 4.69) is 25.7 Å². The molecule has 0 aliphatic heterocycles. The molecular formula is C12H9BrF2N2O2. The maximum absolute atomic E-state index is 12.0. The minimum absolute atomic E-state index is 0.0832. The fraction of sp³-hybridized carbons (Fsp3) is 0.167. The smallest absolute Gasteiger partial charge is 0.387 e. The van der Waals surface area contributed by atoms with Gasteiger partial charge in [-0.1, -0.05) is 12.1 Å². The largest absolute Gasteiger partial charge is 0.435 e. The van der Waals surface area contributed by atoms with Crippen LogP contribution in [0.15, 0.2) is 46.1 Å². The Balaban J connectivity index is 2.18. The van der Waals surface area contributed by atoms with Crippen molar-refractivity contribution in [3.05, 3.63) is 57.2 Å². The number of alkyl halides is 2. The van der Waals surface area contributed by atoms with Crippen molar-refractivity contribution in [2.75, 3.05) is 0 Å². The summed E-state index contributed by atoms with van der Waals surface area (Å²) in [7, 11) is 0. The van der Waals surface area contributed by atoms with Gasteiger partial charge in [0, 0.05) is 0 Å². The zero-order chi connectivity index (χ0) is 13.8. The van der Waals surface area contributed by atoms with Gasteiger partial charge in [0.05, 0.1) is 18.9 Å². The van der Waals surface area contributed by atoms with E-state index in [0.717, 1.165) is 5.56 Å². The van der Waals surface area contributed by atoms with Crippen molar-refractivity contribution < 1.29 is 13.5 Å². The van der Waals surface area contributed by atoms with Crippen LogP contribution < -0.4 is 10.3 Å². The lowest BCUT2D eigenvalue weighted by molar-refractivity contribution is -0.0498. The molecule has 0 aliphatic rings. The number of hydrogen-bond donors (Lipinski definition) is 0. The van der Waals surface area contributed by atoms with Gasteiger partial charge in [0.15, 0.2) is 0 Å². The molecule has 0 unspecified atom stereocenters. The third kappa shape index (κ3) is 3.60. The monoisotopic (exact) mass is 330 g/mol. The zero-order valence-electron chi connectivity index (χ0n) is 9.59. The Labute approximate surface area is 115 Å². The highest BCUT2D eigenvalue weighted by atomic mass is 79.9. The van der Waals surface area contributed by atoms with Gasteiger partial charge in [-0.2, -0.15) is 8.78 Å². The average Bonchev–Trinajstić information content (AvgIpc) is 2.35. The molecule has 0 bridgehead atoms. The first-order chi connectivity index (χ1) is 9.06. The van der Waals surface area contributed by atoms with E-state index < -0.39 is 6.61 Å². The Hall–Kier alpha value is -1.76. The molecule has 0 saturated heterocycles. The van der Waals surface area contributed by atoms with Crippen LogP contribution in [0.5, 0.6) is 5.75 Å². The minimum Gasteiger partial charge on any atom is -0.435 e. The third-order valence-corrected chi connectivity index (χ3v) is 3.01. The molecule has 7 heteroatoms. The van der Waals surface area contributed by atoms with Gasteiger partial charge in [0.1, 0.15) is 10.4 Å². The highest BCUT2D eigenvalue weighted by molar-refractivity contribution is 9.10. The second-order valence-corrected chi connectivity index (χ2v) is 4.49. The van der Waals surface area contributed by atoms with E-state index in [-0.39, 0.29) is 11.3 Å². The maximum Gasteiger partial charge on any atom is 0.387 e. The molecule has 0 aliphatic carbocycles. The van der Waals surface area contributed by atoms with Gasteiger partial charge in [0.2, 0.25) is 0 Å². The van der Waals surface area contributed by atoms with E-state index in [0.29, 0.717) is 11.1 Å². The molecule has 4 nitrogen and oxygen atoms in total. The maximum atomic E-state index is 12.0. The molecule has 0 spiro atoms. The van der Waals surface area contributed by atoms with E-state index in [4.69, 9.17) is 0 Å². The van der Waals surface area contributed by atoms with Crippen LogP contribution in [0.4, 0.5) is 8.78 Å². The highest BCUT2D eigenvalue weighted by Gasteiger charge is 2.05. The second-order valence-electron chi connectivity index (χ2n) is 3.68. The molecule has 1 heterocycles. The van der Waals surface area contributed by atoms with Crippen molar-refractivity contribution in [1.29, 1.82) is 0 Å². The molecule has 1 aromatic heterocycles. The molecule has 0 fully saturated rings. The molecule has 0 amide bonds. The molecule has 0 N–H and O–H groups in total. The molecule has 2 rings (SSSR count). The van der Waals surface area contributed by atoms with Gasteiger partial charge in [0.25, 0.3) is 5.56 Å². The SMILES string of the molecule is O=c1cncc(Br)n1Cc1ccc(OC(F)F)cc1. The number of ether oxygens (including phenoxy) is 1. The summed E-state index contributed by atoms with van der Waals surface area (Å²) in [4.78, 5) is 15.4. The fourth-order valence-electron chi connectivity index (χ4n) is 1.52. The number of rotatable bonds is 4. The van der Waals surface area contributed by atoms with E-state index in [9.17, 15) is 13.6 Å². The van der Waals surface area contributed by atoms with Crippen LogP contribution in [0.2, 0.25) is 0 Å². The highest BCUT2D eigenvalue weighted by Crippen LogP contribution is 2.16. The zero-order valence-corrected chi connectivity index (χ0v) is 11.2. The van der Waals surface area contributed by atoms with Gasteiger partial charge in [-0.3, -0.25) is 14.3 Å². The van der Waals surface area contributed by atoms with Crippen molar-refractivity contribution in [2.45, 2.75) is 13.2 Å². The van der Waals surface area contributed by atoms with Gasteiger partial charge in [-0.25, -0.2) is 0 Å². The normalized spacial score (nSPS) is 10.7. The van der Waals surface area contributed by atoms with Gasteiger partial charge in [-0.05, 0) is 33.6 Å². The Morgan fingerprint density at radius 1 is 1.26 bits per heavy atom. The number of halogens is 3. The van der Waals surface area contributed by atoms with Crippen LogP contribution in [0, 0.1) is 0 Å². The Morgan fingerprint density at radius 2 is 1.95 bits per heavy atom. The first-order valence-electron chi connectivity index (χ1n) is 5.30. The standard InChI is InChI=1S/C12H9BrF2N2O2/c13-10-5-16-6-11(18)17(10)7-8-1-3-9(4-2-8)19-12(14)15/h1-6,12H,7H2. The van der Waals surface area contributed by atoms with Crippen molar-refractivity contribution in [3.63, 3.8) is 0 Å². The Kier molecular flexibility index (Phi) is 4.26. The Morgan fingerprint density at radius 3 is 2.53 bits per heavy atom. The molecule has 100 valence electrons. The van der Waals surface area contributed by atoms with Crippen molar-refractivity contribution in [2.24, 2.45) is 0 Å². The summed E-state index contributed by atoms with van der Waals surface area (Å²) in [6, 6.07) is 6.11. The summed E-state index contributed by atoms with van der Waals surface area (Å²) >= 11 is 3.23. The molecule has 0 radical (unpaired) electrons. The van der Waals surface area contributed by atoms with E-state index >= 15 is 0 Å². The summed E-state index contributed by atoms with van der Waals surface area (Å²) in [5.74, 6) is 0.0832. The van der Waals surface area contributed by atoms with Gasteiger partial charge >= 0.3 is 6.61 Å². The van der Waals surface area contributed by atoms with Crippen molar-refractivity contribution in [1.82, 2.24) is 9.55 Å². The molecule has 2 aromatic rings. The minimum atomic E-state index is -2.84. The van der Waals surface area contributed by atoms with Crippen LogP contribution >= 0.6 is 15.9 Å². The predicted molar refractivity (Wildman–Crippen MR) is 68.4 cm³/mol. The second kappa shape index (κ2) is 5.92. The summed E-state index contributed by atoms with van der Waals surface area (Å²) in [5, 5.41) is 0. The fourth-order valence-corrected chi connectivity index (χ4v) is 1.94. The predicted octanol–water partition coefficient (Wildman–Crippen LogP) is 2.66. The summed E-state index contributed by atoms with van der Waals surface area (Å²) < 4.78 is 30.2. The number of benzene rings is 1. The lowest BCUT2D eigenvalue weighted by Gasteiger charge is -2.09. The summed E-state index contributed by atoms with van der Waals surface area (Å²) in [6.45, 7) is -2.53. The van der Waals surface area contributed by atoms with Crippen LogP contribution in [-0.4, -0.2) is 16.2 Å². The molecule has 19 heavy (non-hydrogen) atoms. The number of hydrogen-bond acceptors (Lipinski definition) is 3. The van der Waals surface area contributed by atoms with Crippen LogP contribution in [0.1, 0.15) is 5.56 Å². The van der Waals surface area contributed by atoms with Crippen LogP contribution in [0.25, 0.3) is 0 Å². The van der Waals surface area contributed by atoms with E-state index in [1.54, 1.807) is 12.1 Å². The van der Waals surface area contributed by atoms with E-state index in [1.807, 2.05) is 0 Å². The Bertz CT molecular complexity index is 614. The topological polar surface area (TPSA) is 44.1 Å². The third-order valence-electron chi connectivity index (χ3n) is 2.38. The molecule has 0 atom stereocenters. The van der Waals surface area contributed by atoms with Crippen LogP contribution in [0.3, 0.4) is 0 Å². The number of nitrogens with zero attached hydrogens (tertiary/aromatic N) is 2. The van der Waals surface area contributed by atoms with Crippen LogP contribution in [-0.2, 0) is 6.54 Å². The van der Waals surface area contributed by atoms with Crippen molar-refractivity contribution in [3.8, 4) is 5.75 Å². The summed E-state index contributed by atoms with van der Waals surface area (Å²) in [6.07, 6.45) is 2.72.